The number of quaternary nitrogens is 2. The first kappa shape index (κ1) is 38.6. The van der Waals surface area contributed by atoms with Crippen LogP contribution in [0.15, 0.2) is 19.2 Å². The molecule has 45 heavy (non-hydrogen) atoms. The molecule has 0 aliphatic carbocycles. The number of nitrogens with zero attached hydrogens (tertiary/aromatic N) is 2. The summed E-state index contributed by atoms with van der Waals surface area (Å²) >= 11 is 0. The van der Waals surface area contributed by atoms with E-state index < -0.39 is 30.5 Å². The first-order chi connectivity index (χ1) is 21.2. The molecule has 0 spiro atoms. The molecule has 0 radical (unpaired) electrons. The number of nitrogens with one attached hydrogen (secondary N) is 4. The molecule has 0 fully saturated rings. The Balaban J connectivity index is 1.72. The molecule has 2 rings (SSSR count). The Morgan fingerprint density at radius 1 is 0.511 bits per heavy atom. The predicted molar refractivity (Wildman–Crippen MR) is 185 cm³/mol. The summed E-state index contributed by atoms with van der Waals surface area (Å²) < 4.78 is 19.2. The average Bonchev–Trinajstić information content (AvgIpc) is 2.97. The molecule has 4 N–H and O–H groups in total. The van der Waals surface area contributed by atoms with Crippen LogP contribution in [0.4, 0.5) is 22.7 Å². The Bertz CT molecular complexity index is 1310. The van der Waals surface area contributed by atoms with E-state index in [4.69, 9.17) is 13.3 Å². The Morgan fingerprint density at radius 3 is 1.13 bits per heavy atom. The van der Waals surface area contributed by atoms with Crippen molar-refractivity contribution >= 4 is 31.6 Å². The zero-order valence-electron chi connectivity index (χ0n) is 28.9. The molecule has 14 heteroatoms. The molecular weight excluding hydrogens is 596 g/mol. The summed E-state index contributed by atoms with van der Waals surface area (Å²) in [7, 11) is 7.89. The maximum absolute atomic E-state index is 12.2. The molecule has 2 aromatic carbocycles. The Labute approximate surface area is 269 Å². The molecule has 0 aliphatic heterocycles. The number of hydrogen-bond donors (Lipinski definition) is 4. The van der Waals surface area contributed by atoms with Crippen molar-refractivity contribution in [2.45, 2.75) is 52.5 Å². The van der Waals surface area contributed by atoms with Gasteiger partial charge in [0.05, 0.1) is 54.9 Å². The number of anilines is 4. The van der Waals surface area contributed by atoms with Crippen LogP contribution in [-0.2, 0) is 13.3 Å². The normalized spacial score (nSPS) is 12.6. The number of hydrogen-bond acceptors (Lipinski definition) is 11. The van der Waals surface area contributed by atoms with Crippen LogP contribution >= 0.6 is 0 Å². The van der Waals surface area contributed by atoms with Gasteiger partial charge in [0.2, 0.25) is 0 Å². The summed E-state index contributed by atoms with van der Waals surface area (Å²) in [5.41, 5.74) is -0.370. The van der Waals surface area contributed by atoms with E-state index in [9.17, 15) is 19.2 Å². The molecule has 0 saturated carbocycles. The smallest absolute Gasteiger partial charge is 0.380 e. The minimum atomic E-state index is -2.75. The first-order valence-electron chi connectivity index (χ1n) is 16.4. The molecule has 256 valence electrons. The third-order valence-corrected chi connectivity index (χ3v) is 10.8. The van der Waals surface area contributed by atoms with Crippen LogP contribution in [-0.4, -0.2) is 119 Å². The molecule has 0 aliphatic rings. The first-order valence-corrected chi connectivity index (χ1v) is 18.3. The second-order valence-electron chi connectivity index (χ2n) is 13.1. The zero-order valence-corrected chi connectivity index (χ0v) is 29.9. The Hall–Kier alpha value is -2.62. The molecule has 0 saturated heterocycles. The lowest BCUT2D eigenvalue weighted by Gasteiger charge is -2.30. The van der Waals surface area contributed by atoms with Crippen LogP contribution < -0.4 is 43.0 Å². The molecule has 0 bridgehead atoms. The fourth-order valence-corrected chi connectivity index (χ4v) is 7.91. The molecule has 0 aromatic heterocycles. The molecule has 0 amide bonds. The largest absolute Gasteiger partial charge is 0.500 e. The van der Waals surface area contributed by atoms with Crippen molar-refractivity contribution in [2.75, 3.05) is 122 Å². The van der Waals surface area contributed by atoms with Gasteiger partial charge in [-0.2, -0.15) is 0 Å². The van der Waals surface area contributed by atoms with Crippen LogP contribution in [0.1, 0.15) is 46.5 Å². The SMILES string of the molecule is CCO[Si](CCCNc1c(NCCC[N+](C)(C)CCCNc2c(NCCC[N+](C)(C)C)c(=O)c2=O)c(=O)c1=O)(OCC)OCC. The Kier molecular flexibility index (Phi) is 15.3. The van der Waals surface area contributed by atoms with Gasteiger partial charge in [0.25, 0.3) is 21.7 Å². The predicted octanol–water partition coefficient (Wildman–Crippen LogP) is 1.62. The van der Waals surface area contributed by atoms with E-state index in [-0.39, 0.29) is 0 Å². The summed E-state index contributed by atoms with van der Waals surface area (Å²) in [6, 6.07) is 0.622. The summed E-state index contributed by atoms with van der Waals surface area (Å²) in [4.78, 5) is 48.5. The van der Waals surface area contributed by atoms with Gasteiger partial charge in [-0.05, 0) is 27.2 Å². The van der Waals surface area contributed by atoms with E-state index >= 15 is 0 Å². The topological polar surface area (TPSA) is 144 Å². The minimum absolute atomic E-state index is 0.344. The zero-order chi connectivity index (χ0) is 33.7. The van der Waals surface area contributed by atoms with Crippen molar-refractivity contribution in [1.29, 1.82) is 0 Å². The van der Waals surface area contributed by atoms with Gasteiger partial charge in [-0.15, -0.1) is 0 Å². The highest BCUT2D eigenvalue weighted by molar-refractivity contribution is 6.60. The average molecular weight is 655 g/mol. The highest BCUT2D eigenvalue weighted by atomic mass is 28.4. The molecule has 0 heterocycles. The maximum Gasteiger partial charge on any atom is 0.500 e. The fourth-order valence-electron chi connectivity index (χ4n) is 5.30. The van der Waals surface area contributed by atoms with Gasteiger partial charge >= 0.3 is 8.80 Å². The molecular formula is C31H58N6O7Si+2. The van der Waals surface area contributed by atoms with E-state index in [2.05, 4.69) is 56.5 Å². The van der Waals surface area contributed by atoms with E-state index in [1.54, 1.807) is 0 Å². The maximum atomic E-state index is 12.2. The third kappa shape index (κ3) is 11.9. The minimum Gasteiger partial charge on any atom is -0.380 e. The lowest BCUT2D eigenvalue weighted by atomic mass is 10.1. The molecule has 13 nitrogen and oxygen atoms in total. The van der Waals surface area contributed by atoms with Gasteiger partial charge in [0, 0.05) is 71.3 Å². The summed E-state index contributed by atoms with van der Waals surface area (Å²) in [5, 5.41) is 12.6. The summed E-state index contributed by atoms with van der Waals surface area (Å²) in [6.45, 7) is 12.3. The number of rotatable bonds is 26. The van der Waals surface area contributed by atoms with Gasteiger partial charge in [0.15, 0.2) is 0 Å². The second kappa shape index (κ2) is 17.9. The molecule has 2 aromatic rings. The highest BCUT2D eigenvalue weighted by Gasteiger charge is 2.39. The monoisotopic (exact) mass is 654 g/mol. The van der Waals surface area contributed by atoms with Crippen LogP contribution in [0.5, 0.6) is 0 Å². The van der Waals surface area contributed by atoms with Crippen LogP contribution in [0.3, 0.4) is 0 Å². The van der Waals surface area contributed by atoms with Crippen LogP contribution in [0.2, 0.25) is 6.04 Å². The fraction of sp³-hybridized carbons (Fsp3) is 0.742. The van der Waals surface area contributed by atoms with Crippen molar-refractivity contribution in [2.24, 2.45) is 0 Å². The van der Waals surface area contributed by atoms with Gasteiger partial charge < -0.3 is 43.5 Å². The summed E-state index contributed by atoms with van der Waals surface area (Å²) in [6.07, 6.45) is 3.22. The van der Waals surface area contributed by atoms with Crippen LogP contribution in [0, 0.1) is 0 Å². The second-order valence-corrected chi connectivity index (χ2v) is 15.8. The van der Waals surface area contributed by atoms with E-state index in [0.717, 1.165) is 47.9 Å². The van der Waals surface area contributed by atoms with Crippen molar-refractivity contribution in [3.63, 3.8) is 0 Å². The third-order valence-electron chi connectivity index (χ3n) is 7.67. The summed E-state index contributed by atoms with van der Waals surface area (Å²) in [5.74, 6) is 0. The highest BCUT2D eigenvalue weighted by Crippen LogP contribution is 2.20. The van der Waals surface area contributed by atoms with Gasteiger partial charge in [-0.3, -0.25) is 19.2 Å². The van der Waals surface area contributed by atoms with E-state index in [0.29, 0.717) is 81.2 Å². The van der Waals surface area contributed by atoms with Gasteiger partial charge in [-0.25, -0.2) is 0 Å². The van der Waals surface area contributed by atoms with Crippen molar-refractivity contribution in [3.8, 4) is 0 Å². The lowest BCUT2D eigenvalue weighted by molar-refractivity contribution is -0.890. The van der Waals surface area contributed by atoms with Gasteiger partial charge in [0.1, 0.15) is 22.7 Å². The molecule has 0 unspecified atom stereocenters. The lowest BCUT2D eigenvalue weighted by Crippen LogP contribution is -2.46. The van der Waals surface area contributed by atoms with Gasteiger partial charge in [-0.1, -0.05) is 0 Å². The van der Waals surface area contributed by atoms with Crippen molar-refractivity contribution in [1.82, 2.24) is 0 Å². The van der Waals surface area contributed by atoms with Crippen molar-refractivity contribution < 1.29 is 22.2 Å². The van der Waals surface area contributed by atoms with E-state index in [1.165, 1.54) is 0 Å². The quantitative estimate of drug-likeness (QED) is 0.0509. The Morgan fingerprint density at radius 2 is 0.822 bits per heavy atom. The molecule has 0 atom stereocenters. The van der Waals surface area contributed by atoms with Crippen molar-refractivity contribution in [3.05, 3.63) is 40.9 Å². The van der Waals surface area contributed by atoms with Crippen LogP contribution in [0.25, 0.3) is 0 Å². The van der Waals surface area contributed by atoms with E-state index in [1.807, 2.05) is 20.8 Å². The standard InChI is InChI=1S/C31H56N6O7Si/c1-9-42-45(43-10-2,44-11-3)23-15-19-35-27-26(30(40)31(27)41)34-18-14-22-37(7,8)21-13-17-33-25-24(28(38)29(25)39)32-16-12-20-36(4,5)6/h9-23H2,1-8H3,(H2-2,32,33,34,35,38,39,40,41)/p+2.